The number of aromatic nitrogens is 3. The van der Waals surface area contributed by atoms with Crippen LogP contribution in [0.25, 0.3) is 0 Å². The fourth-order valence-corrected chi connectivity index (χ4v) is 3.23. The maximum absolute atomic E-state index is 13.2. The summed E-state index contributed by atoms with van der Waals surface area (Å²) in [6, 6.07) is 7.07. The van der Waals surface area contributed by atoms with Gasteiger partial charge in [-0.1, -0.05) is 12.1 Å². The number of fused-ring (bicyclic) bond motifs is 1. The molecule has 0 amide bonds. The number of rotatable bonds is 6. The number of benzene rings is 1. The van der Waals surface area contributed by atoms with Gasteiger partial charge in [-0.2, -0.15) is 5.10 Å². The predicted octanol–water partition coefficient (Wildman–Crippen LogP) is 2.85. The fourth-order valence-electron chi connectivity index (χ4n) is 3.23. The molecular weight excluding hydrogens is 458 g/mol. The van der Waals surface area contributed by atoms with E-state index in [0.29, 0.717) is 12.6 Å². The average Bonchev–Trinajstić information content (AvgIpc) is 2.98. The van der Waals surface area contributed by atoms with Crippen LogP contribution in [0.1, 0.15) is 37.0 Å². The first-order valence-corrected chi connectivity index (χ1v) is 9.33. The van der Waals surface area contributed by atoms with E-state index >= 15 is 0 Å². The number of nitrogens with zero attached hydrogens (tertiary/aromatic N) is 4. The summed E-state index contributed by atoms with van der Waals surface area (Å²) in [5.41, 5.74) is 1.01. The Labute approximate surface area is 177 Å². The van der Waals surface area contributed by atoms with E-state index in [0.717, 1.165) is 61.9 Å². The topological polar surface area (TPSA) is 67.1 Å². The molecule has 2 aromatic rings. The number of aliphatic imine (C=N–C) groups is 1. The number of aryl methyl sites for hydroxylation is 3. The number of halogens is 2. The third kappa shape index (κ3) is 6.44. The second kappa shape index (κ2) is 10.6. The molecule has 0 aliphatic carbocycles. The van der Waals surface area contributed by atoms with Gasteiger partial charge in [0.1, 0.15) is 17.5 Å². The third-order valence-electron chi connectivity index (χ3n) is 4.43. The van der Waals surface area contributed by atoms with Crippen LogP contribution >= 0.6 is 24.0 Å². The van der Waals surface area contributed by atoms with Crippen LogP contribution in [0.2, 0.25) is 0 Å². The van der Waals surface area contributed by atoms with Crippen molar-refractivity contribution in [3.8, 4) is 0 Å². The van der Waals surface area contributed by atoms with Crippen LogP contribution < -0.4 is 10.6 Å². The molecule has 1 atom stereocenters. The maximum Gasteiger partial charge on any atom is 0.191 e. The molecule has 1 aliphatic heterocycles. The van der Waals surface area contributed by atoms with Crippen molar-refractivity contribution in [3.63, 3.8) is 0 Å². The number of hydrogen-bond donors (Lipinski definition) is 2. The van der Waals surface area contributed by atoms with Crippen molar-refractivity contribution in [1.29, 1.82) is 0 Å². The minimum Gasteiger partial charge on any atom is -0.357 e. The first kappa shape index (κ1) is 21.6. The fraction of sp³-hybridized carbons (Fsp3) is 0.526. The van der Waals surface area contributed by atoms with E-state index in [4.69, 9.17) is 0 Å². The zero-order chi connectivity index (χ0) is 18.4. The lowest BCUT2D eigenvalue weighted by molar-refractivity contribution is 0.392. The van der Waals surface area contributed by atoms with E-state index in [9.17, 15) is 4.39 Å². The highest BCUT2D eigenvalue weighted by Crippen LogP contribution is 2.12. The highest BCUT2D eigenvalue weighted by Gasteiger charge is 2.21. The minimum absolute atomic E-state index is 0. The van der Waals surface area contributed by atoms with E-state index in [1.165, 1.54) is 6.07 Å². The monoisotopic (exact) mass is 486 g/mol. The van der Waals surface area contributed by atoms with Crippen LogP contribution in [0.3, 0.4) is 0 Å². The van der Waals surface area contributed by atoms with Crippen LogP contribution in [0, 0.1) is 12.7 Å². The molecule has 0 bridgehead atoms. The summed E-state index contributed by atoms with van der Waals surface area (Å²) < 4.78 is 15.2. The van der Waals surface area contributed by atoms with Gasteiger partial charge in [0.25, 0.3) is 0 Å². The van der Waals surface area contributed by atoms with Crippen molar-refractivity contribution in [2.75, 3.05) is 13.1 Å². The standard InChI is InChI=1S/C19H27FN6.HI/c1-3-21-19(22-11-5-7-15-6-4-8-16(20)12-15)24-17-9-10-18-23-14(2)25-26(18)13-17;/h4,6,8,12,17H,3,5,7,9-11,13H2,1-2H3,(H2,21,22,24);1H. The van der Waals surface area contributed by atoms with Gasteiger partial charge in [-0.15, -0.1) is 24.0 Å². The first-order chi connectivity index (χ1) is 12.6. The molecule has 1 aliphatic rings. The molecule has 1 aromatic heterocycles. The van der Waals surface area contributed by atoms with Crippen LogP contribution in [0.15, 0.2) is 29.3 Å². The second-order valence-corrected chi connectivity index (χ2v) is 6.63. The van der Waals surface area contributed by atoms with Gasteiger partial charge in [-0.3, -0.25) is 4.99 Å². The van der Waals surface area contributed by atoms with Gasteiger partial charge in [-0.25, -0.2) is 14.1 Å². The normalized spacial score (nSPS) is 16.4. The average molecular weight is 486 g/mol. The molecule has 6 nitrogen and oxygen atoms in total. The number of guanidine groups is 1. The van der Waals surface area contributed by atoms with E-state index in [-0.39, 0.29) is 29.8 Å². The molecule has 0 saturated heterocycles. The third-order valence-corrected chi connectivity index (χ3v) is 4.43. The molecule has 0 fully saturated rings. The molecule has 0 radical (unpaired) electrons. The predicted molar refractivity (Wildman–Crippen MR) is 116 cm³/mol. The Bertz CT molecular complexity index is 760. The Kier molecular flexibility index (Phi) is 8.46. The van der Waals surface area contributed by atoms with Crippen molar-refractivity contribution in [2.24, 2.45) is 4.99 Å². The van der Waals surface area contributed by atoms with Crippen molar-refractivity contribution >= 4 is 29.9 Å². The zero-order valence-electron chi connectivity index (χ0n) is 15.9. The minimum atomic E-state index is -0.180. The van der Waals surface area contributed by atoms with Gasteiger partial charge in [0, 0.05) is 25.6 Å². The summed E-state index contributed by atoms with van der Waals surface area (Å²) in [4.78, 5) is 9.11. The van der Waals surface area contributed by atoms with Gasteiger partial charge >= 0.3 is 0 Å². The molecule has 1 aromatic carbocycles. The molecule has 8 heteroatoms. The highest BCUT2D eigenvalue weighted by molar-refractivity contribution is 14.0. The first-order valence-electron chi connectivity index (χ1n) is 9.33. The summed E-state index contributed by atoms with van der Waals surface area (Å²) in [5.74, 6) is 2.55. The number of hydrogen-bond acceptors (Lipinski definition) is 3. The summed E-state index contributed by atoms with van der Waals surface area (Å²) in [5, 5.41) is 11.3. The van der Waals surface area contributed by atoms with Gasteiger partial charge in [-0.05, 0) is 50.8 Å². The van der Waals surface area contributed by atoms with E-state index < -0.39 is 0 Å². The zero-order valence-corrected chi connectivity index (χ0v) is 18.2. The molecule has 148 valence electrons. The van der Waals surface area contributed by atoms with Gasteiger partial charge in [0.2, 0.25) is 0 Å². The molecular formula is C19H28FIN6. The molecule has 0 spiro atoms. The molecule has 2 N–H and O–H groups in total. The Morgan fingerprint density at radius 2 is 2.26 bits per heavy atom. The van der Waals surface area contributed by atoms with E-state index in [2.05, 4.69) is 32.6 Å². The molecule has 27 heavy (non-hydrogen) atoms. The van der Waals surface area contributed by atoms with Crippen LogP contribution in [-0.2, 0) is 19.4 Å². The Morgan fingerprint density at radius 3 is 3.04 bits per heavy atom. The Morgan fingerprint density at radius 1 is 1.41 bits per heavy atom. The summed E-state index contributed by atoms with van der Waals surface area (Å²) >= 11 is 0. The van der Waals surface area contributed by atoms with Gasteiger partial charge in [0.15, 0.2) is 5.96 Å². The number of nitrogens with one attached hydrogen (secondary N) is 2. The SMILES string of the molecule is CCNC(=NCCCc1cccc(F)c1)NC1CCc2nc(C)nn2C1.I. The quantitative estimate of drug-likeness (QED) is 0.285. The van der Waals surface area contributed by atoms with Crippen molar-refractivity contribution in [2.45, 2.75) is 52.1 Å². The second-order valence-electron chi connectivity index (χ2n) is 6.63. The van der Waals surface area contributed by atoms with E-state index in [1.807, 2.05) is 17.7 Å². The van der Waals surface area contributed by atoms with Crippen molar-refractivity contribution in [3.05, 3.63) is 47.3 Å². The van der Waals surface area contributed by atoms with Crippen molar-refractivity contribution < 1.29 is 4.39 Å². The van der Waals surface area contributed by atoms with Gasteiger partial charge < -0.3 is 10.6 Å². The largest absolute Gasteiger partial charge is 0.357 e. The van der Waals surface area contributed by atoms with Crippen LogP contribution in [0.5, 0.6) is 0 Å². The summed E-state index contributed by atoms with van der Waals surface area (Å²) in [7, 11) is 0. The van der Waals surface area contributed by atoms with Crippen molar-refractivity contribution in [1.82, 2.24) is 25.4 Å². The lowest BCUT2D eigenvalue weighted by atomic mass is 10.1. The lowest BCUT2D eigenvalue weighted by Gasteiger charge is -2.25. The Balaban J connectivity index is 0.00000261. The molecule has 3 rings (SSSR count). The summed E-state index contributed by atoms with van der Waals surface area (Å²) in [6.45, 7) is 6.31. The van der Waals surface area contributed by atoms with Crippen LogP contribution in [0.4, 0.5) is 4.39 Å². The lowest BCUT2D eigenvalue weighted by Crippen LogP contribution is -2.47. The maximum atomic E-state index is 13.2. The van der Waals surface area contributed by atoms with Crippen LogP contribution in [-0.4, -0.2) is 39.9 Å². The Hall–Kier alpha value is -1.71. The highest BCUT2D eigenvalue weighted by atomic mass is 127. The molecule has 1 unspecified atom stereocenters. The van der Waals surface area contributed by atoms with E-state index in [1.54, 1.807) is 12.1 Å². The molecule has 2 heterocycles. The smallest absolute Gasteiger partial charge is 0.191 e. The summed E-state index contributed by atoms with van der Waals surface area (Å²) in [6.07, 6.45) is 3.66. The molecule has 0 saturated carbocycles. The van der Waals surface area contributed by atoms with Gasteiger partial charge in [0.05, 0.1) is 6.54 Å².